The minimum absolute atomic E-state index is 0.0995. The van der Waals surface area contributed by atoms with Crippen molar-refractivity contribution in [1.29, 1.82) is 0 Å². The summed E-state index contributed by atoms with van der Waals surface area (Å²) in [5, 5.41) is 3.56. The highest BCUT2D eigenvalue weighted by molar-refractivity contribution is 6.16. The van der Waals surface area contributed by atoms with Crippen LogP contribution in [0.3, 0.4) is 0 Å². The summed E-state index contributed by atoms with van der Waals surface area (Å²) in [7, 11) is 2.11. The number of aliphatic imine (C=N–C) groups is 1. The van der Waals surface area contributed by atoms with Gasteiger partial charge in [-0.15, -0.1) is 0 Å². The average Bonchev–Trinajstić information content (AvgIpc) is 3.33. The zero-order chi connectivity index (χ0) is 27.3. The zero-order valence-corrected chi connectivity index (χ0v) is 24.4. The predicted molar refractivity (Wildman–Crippen MR) is 163 cm³/mol. The molecule has 2 heterocycles. The van der Waals surface area contributed by atoms with Gasteiger partial charge in [-0.3, -0.25) is 0 Å². The van der Waals surface area contributed by atoms with Gasteiger partial charge in [-0.1, -0.05) is 110 Å². The van der Waals surface area contributed by atoms with Crippen LogP contribution in [0.2, 0.25) is 0 Å². The number of aryl methyl sites for hydroxylation is 2. The molecule has 0 aliphatic carbocycles. The number of likely N-dealkylation sites (N-methyl/N-ethyl adjacent to an activating group) is 1. The van der Waals surface area contributed by atoms with Gasteiger partial charge in [0.15, 0.2) is 0 Å². The first-order chi connectivity index (χ1) is 17.6. The Kier molecular flexibility index (Phi) is 13.3. The van der Waals surface area contributed by atoms with Crippen molar-refractivity contribution in [2.45, 2.75) is 75.4 Å². The number of anilines is 1. The molecule has 1 N–H and O–H groups in total. The second-order valence-electron chi connectivity index (χ2n) is 7.61. The Labute approximate surface area is 221 Å². The molecule has 2 aliphatic rings. The van der Waals surface area contributed by atoms with Crippen LogP contribution in [-0.2, 0) is 0 Å². The zero-order valence-electron chi connectivity index (χ0n) is 24.4. The molecule has 0 amide bonds. The molecule has 0 saturated heterocycles. The molecule has 0 saturated carbocycles. The van der Waals surface area contributed by atoms with E-state index < -0.39 is 0 Å². The summed E-state index contributed by atoms with van der Waals surface area (Å²) in [6.07, 6.45) is 2.24. The fourth-order valence-electron chi connectivity index (χ4n) is 4.12. The number of fused-ring (bicyclic) bond motifs is 3. The van der Waals surface area contributed by atoms with Gasteiger partial charge in [0.05, 0.1) is 11.4 Å². The molecule has 0 bridgehead atoms. The van der Waals surface area contributed by atoms with Gasteiger partial charge in [-0.25, -0.2) is 4.99 Å². The van der Waals surface area contributed by atoms with Crippen LogP contribution in [-0.4, -0.2) is 23.8 Å². The number of hydrogen-bond donors (Lipinski definition) is 1. The van der Waals surface area contributed by atoms with Crippen LogP contribution in [0.5, 0.6) is 0 Å². The van der Waals surface area contributed by atoms with Crippen molar-refractivity contribution in [3.8, 4) is 11.1 Å². The number of nitrogens with zero attached hydrogens (tertiary/aromatic N) is 2. The van der Waals surface area contributed by atoms with E-state index in [-0.39, 0.29) is 6.17 Å². The number of benzene rings is 3. The second kappa shape index (κ2) is 15.6. The quantitative estimate of drug-likeness (QED) is 0.391. The van der Waals surface area contributed by atoms with E-state index in [1.165, 1.54) is 27.8 Å². The summed E-state index contributed by atoms with van der Waals surface area (Å²) in [6, 6.07) is 23.6. The first kappa shape index (κ1) is 30.7. The topological polar surface area (TPSA) is 27.6 Å². The number of rotatable bonds is 2. The Hall–Kier alpha value is -3.33. The monoisotopic (exact) mass is 485 g/mol. The van der Waals surface area contributed by atoms with E-state index in [0.29, 0.717) is 0 Å². The molecule has 3 nitrogen and oxygen atoms in total. The molecular formula is C33H47N3. The Morgan fingerprint density at radius 3 is 1.86 bits per heavy atom. The van der Waals surface area contributed by atoms with Crippen molar-refractivity contribution < 1.29 is 0 Å². The van der Waals surface area contributed by atoms with Crippen LogP contribution in [0.25, 0.3) is 16.8 Å². The fraction of sp³-hybridized carbons (Fsp3) is 0.364. The van der Waals surface area contributed by atoms with Gasteiger partial charge in [0.2, 0.25) is 0 Å². The number of para-hydroxylation sites is 1. The van der Waals surface area contributed by atoms with E-state index in [4.69, 9.17) is 4.99 Å². The van der Waals surface area contributed by atoms with Gasteiger partial charge in [0.1, 0.15) is 6.17 Å². The van der Waals surface area contributed by atoms with Gasteiger partial charge < -0.3 is 10.2 Å². The maximum Gasteiger partial charge on any atom is 0.143 e. The van der Waals surface area contributed by atoms with Crippen molar-refractivity contribution in [1.82, 2.24) is 4.90 Å². The summed E-state index contributed by atoms with van der Waals surface area (Å²) in [5.41, 5.74) is 10.7. The summed E-state index contributed by atoms with van der Waals surface area (Å²) in [4.78, 5) is 7.28. The minimum Gasteiger partial charge on any atom is -0.360 e. The second-order valence-corrected chi connectivity index (χ2v) is 7.61. The average molecular weight is 486 g/mol. The van der Waals surface area contributed by atoms with E-state index in [2.05, 4.69) is 104 Å². The molecule has 3 heteroatoms. The summed E-state index contributed by atoms with van der Waals surface area (Å²) < 4.78 is 0. The molecule has 0 spiro atoms. The van der Waals surface area contributed by atoms with E-state index in [9.17, 15) is 0 Å². The van der Waals surface area contributed by atoms with Crippen molar-refractivity contribution >= 4 is 17.1 Å². The standard InChI is InChI=1S/C25H23N3.4C2H6/c1-16-8-4-5-9-19(16)21-14-18(13-12-17(21)2)23-15-28(3)25-24(26-23)20-10-6-7-11-22(20)27-25;4*1-2/h4-15,25,27H,1-3H3;4*1-2H3. The molecule has 0 fully saturated rings. The first-order valence-corrected chi connectivity index (χ1v) is 13.7. The third-order valence-electron chi connectivity index (χ3n) is 5.70. The van der Waals surface area contributed by atoms with Crippen LogP contribution in [0.4, 0.5) is 5.69 Å². The van der Waals surface area contributed by atoms with Crippen LogP contribution in [0.15, 0.2) is 77.9 Å². The van der Waals surface area contributed by atoms with E-state index in [1.807, 2.05) is 55.4 Å². The van der Waals surface area contributed by atoms with Crippen LogP contribution >= 0.6 is 0 Å². The Morgan fingerprint density at radius 1 is 0.667 bits per heavy atom. The van der Waals surface area contributed by atoms with Crippen molar-refractivity contribution in [3.05, 3.63) is 95.2 Å². The highest BCUT2D eigenvalue weighted by Gasteiger charge is 2.32. The molecular weight excluding hydrogens is 438 g/mol. The first-order valence-electron chi connectivity index (χ1n) is 13.7. The molecule has 194 valence electrons. The molecule has 0 aromatic heterocycles. The summed E-state index contributed by atoms with van der Waals surface area (Å²) in [5.74, 6) is 0. The fourth-order valence-corrected chi connectivity index (χ4v) is 4.12. The van der Waals surface area contributed by atoms with E-state index in [0.717, 1.165) is 22.7 Å². The van der Waals surface area contributed by atoms with E-state index >= 15 is 0 Å². The molecule has 1 unspecified atom stereocenters. The molecule has 2 aliphatic heterocycles. The van der Waals surface area contributed by atoms with Gasteiger partial charge in [-0.2, -0.15) is 0 Å². The molecule has 3 aromatic rings. The lowest BCUT2D eigenvalue weighted by Gasteiger charge is -2.28. The molecule has 1 atom stereocenters. The highest BCUT2D eigenvalue weighted by atomic mass is 15.3. The third-order valence-corrected chi connectivity index (χ3v) is 5.70. The lowest BCUT2D eigenvalue weighted by Crippen LogP contribution is -2.39. The van der Waals surface area contributed by atoms with Gasteiger partial charge in [-0.05, 0) is 48.2 Å². The van der Waals surface area contributed by atoms with Gasteiger partial charge >= 0.3 is 0 Å². The van der Waals surface area contributed by atoms with Crippen molar-refractivity contribution in [3.63, 3.8) is 0 Å². The lowest BCUT2D eigenvalue weighted by molar-refractivity contribution is 0.436. The predicted octanol–water partition coefficient (Wildman–Crippen LogP) is 9.56. The normalized spacial score (nSPS) is 14.2. The van der Waals surface area contributed by atoms with Crippen LogP contribution in [0, 0.1) is 13.8 Å². The van der Waals surface area contributed by atoms with E-state index in [1.54, 1.807) is 0 Å². The van der Waals surface area contributed by atoms with Crippen molar-refractivity contribution in [2.24, 2.45) is 4.99 Å². The lowest BCUT2D eigenvalue weighted by atomic mass is 9.94. The smallest absolute Gasteiger partial charge is 0.143 e. The van der Waals surface area contributed by atoms with Crippen LogP contribution < -0.4 is 5.32 Å². The summed E-state index contributed by atoms with van der Waals surface area (Å²) >= 11 is 0. The SMILES string of the molecule is CC.CC.CC.CC.Cc1ccccc1-c1cc(C2=CN(C)C3Nc4ccccc4C3=N2)ccc1C. The Balaban J connectivity index is 0.000000741. The molecule has 36 heavy (non-hydrogen) atoms. The number of hydrogen-bond acceptors (Lipinski definition) is 3. The molecule has 0 radical (unpaired) electrons. The number of nitrogens with one attached hydrogen (secondary N) is 1. The largest absolute Gasteiger partial charge is 0.360 e. The van der Waals surface area contributed by atoms with Crippen LogP contribution in [0.1, 0.15) is 77.6 Å². The minimum atomic E-state index is 0.0995. The highest BCUT2D eigenvalue weighted by Crippen LogP contribution is 2.35. The maximum absolute atomic E-state index is 5.07. The molecule has 5 rings (SSSR count). The Morgan fingerprint density at radius 2 is 1.22 bits per heavy atom. The molecule has 3 aromatic carbocycles. The summed E-state index contributed by atoms with van der Waals surface area (Å²) in [6.45, 7) is 20.3. The van der Waals surface area contributed by atoms with Crippen molar-refractivity contribution in [2.75, 3.05) is 12.4 Å². The third kappa shape index (κ3) is 6.66. The maximum atomic E-state index is 5.07. The van der Waals surface area contributed by atoms with Gasteiger partial charge in [0.25, 0.3) is 0 Å². The van der Waals surface area contributed by atoms with Gasteiger partial charge in [0, 0.05) is 30.1 Å². The Bertz CT molecular complexity index is 1140.